The van der Waals surface area contributed by atoms with E-state index in [2.05, 4.69) is 52.0 Å². The normalized spacial score (nSPS) is 12.4. The van der Waals surface area contributed by atoms with Crippen LogP contribution in [0.15, 0.2) is 4.47 Å². The standard InChI is InChI=1S/C14H24BrN3OS/c1-5-7-16-14-13(15)11(8-19-4)17-12(18-14)9-20-10(3)6-2/h10H,5-9H2,1-4H3,(H,16,17,18). The summed E-state index contributed by atoms with van der Waals surface area (Å²) in [6, 6.07) is 0. The van der Waals surface area contributed by atoms with E-state index in [1.165, 1.54) is 0 Å². The molecule has 4 nitrogen and oxygen atoms in total. The van der Waals surface area contributed by atoms with Crippen molar-refractivity contribution >= 4 is 33.5 Å². The van der Waals surface area contributed by atoms with Crippen LogP contribution >= 0.6 is 27.7 Å². The van der Waals surface area contributed by atoms with E-state index >= 15 is 0 Å². The van der Waals surface area contributed by atoms with Crippen LogP contribution in [0.5, 0.6) is 0 Å². The Bertz CT molecular complexity index is 418. The maximum atomic E-state index is 5.22. The van der Waals surface area contributed by atoms with Crippen LogP contribution in [-0.2, 0) is 17.1 Å². The zero-order chi connectivity index (χ0) is 15.0. The monoisotopic (exact) mass is 361 g/mol. The van der Waals surface area contributed by atoms with Crippen molar-refractivity contribution < 1.29 is 4.74 Å². The van der Waals surface area contributed by atoms with Crippen LogP contribution in [0.4, 0.5) is 5.82 Å². The van der Waals surface area contributed by atoms with Crippen molar-refractivity contribution in [2.24, 2.45) is 0 Å². The van der Waals surface area contributed by atoms with Crippen molar-refractivity contribution in [3.8, 4) is 0 Å². The number of rotatable bonds is 9. The number of hydrogen-bond donors (Lipinski definition) is 1. The van der Waals surface area contributed by atoms with Gasteiger partial charge in [0, 0.05) is 18.9 Å². The summed E-state index contributed by atoms with van der Waals surface area (Å²) in [5.41, 5.74) is 0.904. The zero-order valence-corrected chi connectivity index (χ0v) is 15.1. The largest absolute Gasteiger partial charge is 0.378 e. The number of nitrogens with zero attached hydrogens (tertiary/aromatic N) is 2. The van der Waals surface area contributed by atoms with Gasteiger partial charge in [-0.25, -0.2) is 9.97 Å². The lowest BCUT2D eigenvalue weighted by Gasteiger charge is -2.13. The van der Waals surface area contributed by atoms with Gasteiger partial charge < -0.3 is 10.1 Å². The van der Waals surface area contributed by atoms with Crippen LogP contribution < -0.4 is 5.32 Å². The Kier molecular flexibility index (Phi) is 8.49. The van der Waals surface area contributed by atoms with Crippen molar-refractivity contribution in [3.05, 3.63) is 16.0 Å². The Hall–Kier alpha value is -0.330. The Morgan fingerprint density at radius 3 is 2.70 bits per heavy atom. The second kappa shape index (κ2) is 9.58. The fraction of sp³-hybridized carbons (Fsp3) is 0.714. The fourth-order valence-electron chi connectivity index (χ4n) is 1.54. The molecule has 20 heavy (non-hydrogen) atoms. The predicted molar refractivity (Wildman–Crippen MR) is 90.3 cm³/mol. The summed E-state index contributed by atoms with van der Waals surface area (Å²) < 4.78 is 6.12. The molecule has 0 radical (unpaired) electrons. The molecule has 1 N–H and O–H groups in total. The molecule has 0 aliphatic carbocycles. The van der Waals surface area contributed by atoms with E-state index < -0.39 is 0 Å². The second-order valence-corrected chi connectivity index (χ2v) is 6.86. The third-order valence-electron chi connectivity index (χ3n) is 2.86. The number of aromatic nitrogens is 2. The van der Waals surface area contributed by atoms with Gasteiger partial charge >= 0.3 is 0 Å². The third-order valence-corrected chi connectivity index (χ3v) is 5.02. The van der Waals surface area contributed by atoms with Crippen molar-refractivity contribution in [1.29, 1.82) is 0 Å². The molecule has 1 heterocycles. The van der Waals surface area contributed by atoms with Crippen molar-refractivity contribution in [1.82, 2.24) is 9.97 Å². The smallest absolute Gasteiger partial charge is 0.144 e. The molecule has 1 rings (SSSR count). The fourth-order valence-corrected chi connectivity index (χ4v) is 2.77. The van der Waals surface area contributed by atoms with Gasteiger partial charge in [-0.05, 0) is 28.8 Å². The Morgan fingerprint density at radius 1 is 1.35 bits per heavy atom. The lowest BCUT2D eigenvalue weighted by atomic mass is 10.3. The molecule has 0 spiro atoms. The minimum absolute atomic E-state index is 0.491. The maximum absolute atomic E-state index is 5.22. The molecule has 0 saturated heterocycles. The first-order chi connectivity index (χ1) is 9.62. The zero-order valence-electron chi connectivity index (χ0n) is 12.7. The number of thioether (sulfide) groups is 1. The average Bonchev–Trinajstić information content (AvgIpc) is 2.46. The minimum Gasteiger partial charge on any atom is -0.378 e. The molecule has 0 bridgehead atoms. The summed E-state index contributed by atoms with van der Waals surface area (Å²) in [4.78, 5) is 9.21. The third kappa shape index (κ3) is 5.58. The first-order valence-electron chi connectivity index (χ1n) is 7.02. The number of anilines is 1. The van der Waals surface area contributed by atoms with Gasteiger partial charge in [-0.1, -0.05) is 20.8 Å². The lowest BCUT2D eigenvalue weighted by Crippen LogP contribution is -2.09. The Labute approximate surface area is 134 Å². The topological polar surface area (TPSA) is 47.0 Å². The quantitative estimate of drug-likeness (QED) is 0.712. The molecule has 6 heteroatoms. The van der Waals surface area contributed by atoms with Crippen LogP contribution in [0, 0.1) is 0 Å². The summed E-state index contributed by atoms with van der Waals surface area (Å²) in [5.74, 6) is 2.57. The second-order valence-electron chi connectivity index (χ2n) is 4.64. The Balaban J connectivity index is 2.89. The highest BCUT2D eigenvalue weighted by Crippen LogP contribution is 2.26. The van der Waals surface area contributed by atoms with E-state index in [0.29, 0.717) is 11.9 Å². The summed E-state index contributed by atoms with van der Waals surface area (Å²) in [6.07, 6.45) is 2.22. The lowest BCUT2D eigenvalue weighted by molar-refractivity contribution is 0.180. The van der Waals surface area contributed by atoms with Crippen LogP contribution in [-0.4, -0.2) is 28.9 Å². The van der Waals surface area contributed by atoms with E-state index in [1.807, 2.05) is 11.8 Å². The number of ether oxygens (including phenoxy) is 1. The maximum Gasteiger partial charge on any atom is 0.144 e. The molecule has 1 atom stereocenters. The van der Waals surface area contributed by atoms with Crippen LogP contribution in [0.3, 0.4) is 0 Å². The van der Waals surface area contributed by atoms with Gasteiger partial charge in [-0.15, -0.1) is 0 Å². The summed E-state index contributed by atoms with van der Waals surface area (Å²) in [7, 11) is 1.68. The molecule has 1 aromatic rings. The van der Waals surface area contributed by atoms with Gasteiger partial charge in [0.25, 0.3) is 0 Å². The van der Waals surface area contributed by atoms with E-state index in [4.69, 9.17) is 4.74 Å². The van der Waals surface area contributed by atoms with E-state index in [1.54, 1.807) is 7.11 Å². The van der Waals surface area contributed by atoms with Crippen molar-refractivity contribution in [3.63, 3.8) is 0 Å². The van der Waals surface area contributed by atoms with Gasteiger partial charge in [0.15, 0.2) is 0 Å². The average molecular weight is 362 g/mol. The van der Waals surface area contributed by atoms with Gasteiger partial charge in [0.05, 0.1) is 22.5 Å². The van der Waals surface area contributed by atoms with E-state index in [-0.39, 0.29) is 0 Å². The number of methoxy groups -OCH3 is 1. The van der Waals surface area contributed by atoms with Crippen LogP contribution in [0.25, 0.3) is 0 Å². The highest BCUT2D eigenvalue weighted by atomic mass is 79.9. The van der Waals surface area contributed by atoms with Crippen molar-refractivity contribution in [2.45, 2.75) is 51.2 Å². The highest BCUT2D eigenvalue weighted by Gasteiger charge is 2.12. The van der Waals surface area contributed by atoms with Gasteiger partial charge in [0.2, 0.25) is 0 Å². The van der Waals surface area contributed by atoms with Gasteiger partial charge in [-0.2, -0.15) is 11.8 Å². The molecule has 0 aliphatic rings. The molecule has 0 saturated carbocycles. The molecular formula is C14H24BrN3OS. The van der Waals surface area contributed by atoms with Crippen molar-refractivity contribution in [2.75, 3.05) is 19.0 Å². The number of halogens is 1. The summed E-state index contributed by atoms with van der Waals surface area (Å²) in [5, 5.41) is 3.97. The first kappa shape index (κ1) is 17.7. The first-order valence-corrected chi connectivity index (χ1v) is 8.86. The van der Waals surface area contributed by atoms with Gasteiger partial charge in [-0.3, -0.25) is 0 Å². The summed E-state index contributed by atoms with van der Waals surface area (Å²) >= 11 is 5.45. The number of hydrogen-bond acceptors (Lipinski definition) is 5. The SMILES string of the molecule is CCCNc1nc(CSC(C)CC)nc(COC)c1Br. The molecule has 0 aliphatic heterocycles. The molecule has 1 unspecified atom stereocenters. The van der Waals surface area contributed by atoms with E-state index in [9.17, 15) is 0 Å². The molecule has 0 fully saturated rings. The molecule has 0 aromatic carbocycles. The Morgan fingerprint density at radius 2 is 2.10 bits per heavy atom. The number of nitrogens with one attached hydrogen (secondary N) is 1. The molecule has 1 aromatic heterocycles. The highest BCUT2D eigenvalue weighted by molar-refractivity contribution is 9.10. The van der Waals surface area contributed by atoms with Crippen LogP contribution in [0.1, 0.15) is 45.1 Å². The molecule has 114 valence electrons. The predicted octanol–water partition coefficient (Wildman–Crippen LogP) is 4.24. The van der Waals surface area contributed by atoms with E-state index in [0.717, 1.165) is 46.9 Å². The molecule has 0 amide bonds. The molecular weight excluding hydrogens is 338 g/mol. The summed E-state index contributed by atoms with van der Waals surface area (Å²) in [6.45, 7) is 7.96. The minimum atomic E-state index is 0.491. The van der Waals surface area contributed by atoms with Gasteiger partial charge in [0.1, 0.15) is 11.6 Å². The van der Waals surface area contributed by atoms with Crippen LogP contribution in [0.2, 0.25) is 0 Å².